The highest BCUT2D eigenvalue weighted by Gasteiger charge is 2.17. The summed E-state index contributed by atoms with van der Waals surface area (Å²) in [6, 6.07) is 5.62. The predicted octanol–water partition coefficient (Wildman–Crippen LogP) is 3.74. The zero-order chi connectivity index (χ0) is 10.7. The molecule has 14 heavy (non-hydrogen) atoms. The van der Waals surface area contributed by atoms with Crippen molar-refractivity contribution < 1.29 is 4.79 Å². The van der Waals surface area contributed by atoms with E-state index >= 15 is 0 Å². The van der Waals surface area contributed by atoms with E-state index in [1.807, 2.05) is 18.2 Å². The van der Waals surface area contributed by atoms with Gasteiger partial charge in [-0.15, -0.1) is 24.2 Å². The Morgan fingerprint density at radius 3 is 2.79 bits per heavy atom. The fourth-order valence-electron chi connectivity index (χ4n) is 1.19. The van der Waals surface area contributed by atoms with Crippen molar-refractivity contribution in [1.29, 1.82) is 0 Å². The SMILES string of the molecule is CC(=O)C(Br)c1cccc(S)c1CCl. The third kappa shape index (κ3) is 2.53. The Balaban J connectivity index is 3.20. The first-order valence-corrected chi connectivity index (χ1v) is 5.99. The molecule has 0 aliphatic rings. The molecule has 1 unspecified atom stereocenters. The van der Waals surface area contributed by atoms with E-state index in [2.05, 4.69) is 28.6 Å². The van der Waals surface area contributed by atoms with E-state index in [1.165, 1.54) is 0 Å². The molecule has 1 rings (SSSR count). The highest BCUT2D eigenvalue weighted by Crippen LogP contribution is 2.31. The normalized spacial score (nSPS) is 12.6. The van der Waals surface area contributed by atoms with Crippen LogP contribution < -0.4 is 0 Å². The second-order valence-corrected chi connectivity index (χ2v) is 4.62. The lowest BCUT2D eigenvalue weighted by Crippen LogP contribution is -2.04. The van der Waals surface area contributed by atoms with Crippen molar-refractivity contribution in [2.75, 3.05) is 0 Å². The van der Waals surface area contributed by atoms with Gasteiger partial charge in [0, 0.05) is 10.8 Å². The number of rotatable bonds is 3. The van der Waals surface area contributed by atoms with Crippen molar-refractivity contribution in [2.45, 2.75) is 22.5 Å². The zero-order valence-corrected chi connectivity index (χ0v) is 10.9. The van der Waals surface area contributed by atoms with E-state index in [0.29, 0.717) is 5.88 Å². The molecule has 1 aromatic carbocycles. The van der Waals surface area contributed by atoms with Gasteiger partial charge in [0.25, 0.3) is 0 Å². The summed E-state index contributed by atoms with van der Waals surface area (Å²) >= 11 is 13.4. The summed E-state index contributed by atoms with van der Waals surface area (Å²) in [7, 11) is 0. The molecule has 0 amide bonds. The van der Waals surface area contributed by atoms with Crippen LogP contribution in [0.2, 0.25) is 0 Å². The molecule has 0 heterocycles. The molecule has 76 valence electrons. The fourth-order valence-corrected chi connectivity index (χ4v) is 2.31. The molecule has 1 atom stereocenters. The molecular formula is C10H10BrClOS. The average Bonchev–Trinajstić information content (AvgIpc) is 2.16. The molecule has 0 spiro atoms. The Bertz CT molecular complexity index is 354. The van der Waals surface area contributed by atoms with Crippen LogP contribution in [0, 0.1) is 0 Å². The summed E-state index contributed by atoms with van der Waals surface area (Å²) in [6.45, 7) is 1.54. The second-order valence-electron chi connectivity index (χ2n) is 2.95. The minimum Gasteiger partial charge on any atom is -0.298 e. The molecule has 0 radical (unpaired) electrons. The third-order valence-corrected chi connectivity index (χ3v) is 3.78. The van der Waals surface area contributed by atoms with Crippen molar-refractivity contribution in [2.24, 2.45) is 0 Å². The Hall–Kier alpha value is 0.01000. The number of thiol groups is 1. The number of hydrogen-bond acceptors (Lipinski definition) is 2. The molecule has 0 fully saturated rings. The number of carbonyl (C=O) groups excluding carboxylic acids is 1. The van der Waals surface area contributed by atoms with Gasteiger partial charge in [-0.3, -0.25) is 4.79 Å². The van der Waals surface area contributed by atoms with E-state index < -0.39 is 0 Å². The summed E-state index contributed by atoms with van der Waals surface area (Å²) in [4.78, 5) is 11.7. The van der Waals surface area contributed by atoms with Gasteiger partial charge in [0.15, 0.2) is 0 Å². The Kier molecular flexibility index (Phi) is 4.48. The lowest BCUT2D eigenvalue weighted by Gasteiger charge is -2.12. The largest absolute Gasteiger partial charge is 0.298 e. The van der Waals surface area contributed by atoms with Gasteiger partial charge < -0.3 is 0 Å². The Morgan fingerprint density at radius 1 is 1.64 bits per heavy atom. The zero-order valence-electron chi connectivity index (χ0n) is 7.63. The topological polar surface area (TPSA) is 17.1 Å². The van der Waals surface area contributed by atoms with Crippen LogP contribution in [-0.4, -0.2) is 5.78 Å². The molecule has 1 nitrogen and oxygen atoms in total. The van der Waals surface area contributed by atoms with Crippen molar-refractivity contribution >= 4 is 45.9 Å². The summed E-state index contributed by atoms with van der Waals surface area (Å²) in [5.74, 6) is 0.431. The molecule has 0 aliphatic heterocycles. The average molecular weight is 294 g/mol. The van der Waals surface area contributed by atoms with Crippen molar-refractivity contribution in [3.8, 4) is 0 Å². The number of ketones is 1. The molecular weight excluding hydrogens is 284 g/mol. The number of Topliss-reactive ketones (excluding diaryl/α,β-unsaturated/α-hetero) is 1. The number of hydrogen-bond donors (Lipinski definition) is 1. The molecule has 0 saturated carbocycles. The fraction of sp³-hybridized carbons (Fsp3) is 0.300. The maximum Gasteiger partial charge on any atom is 0.147 e. The van der Waals surface area contributed by atoms with E-state index in [1.54, 1.807) is 6.92 Å². The quantitative estimate of drug-likeness (QED) is 0.663. The third-order valence-electron chi connectivity index (χ3n) is 1.95. The Morgan fingerprint density at radius 2 is 2.29 bits per heavy atom. The number of alkyl halides is 2. The summed E-state index contributed by atoms with van der Waals surface area (Å²) in [6.07, 6.45) is 0. The molecule has 0 bridgehead atoms. The monoisotopic (exact) mass is 292 g/mol. The van der Waals surface area contributed by atoms with Gasteiger partial charge in [-0.2, -0.15) is 0 Å². The van der Waals surface area contributed by atoms with Gasteiger partial charge in [0.05, 0.1) is 4.83 Å². The van der Waals surface area contributed by atoms with Crippen LogP contribution in [0.15, 0.2) is 23.1 Å². The van der Waals surface area contributed by atoms with Crippen LogP contribution in [0.1, 0.15) is 22.9 Å². The van der Waals surface area contributed by atoms with Gasteiger partial charge in [-0.05, 0) is 24.1 Å². The van der Waals surface area contributed by atoms with Crippen LogP contribution in [0.25, 0.3) is 0 Å². The first-order valence-electron chi connectivity index (χ1n) is 4.09. The molecule has 0 aliphatic carbocycles. The maximum absolute atomic E-state index is 11.2. The standard InChI is InChI=1S/C10H10BrClOS/c1-6(13)10(11)7-3-2-4-9(14)8(7)5-12/h2-4,10,14H,5H2,1H3. The number of carbonyl (C=O) groups is 1. The maximum atomic E-state index is 11.2. The summed E-state index contributed by atoms with van der Waals surface area (Å²) in [5.41, 5.74) is 1.81. The van der Waals surface area contributed by atoms with E-state index in [9.17, 15) is 4.79 Å². The van der Waals surface area contributed by atoms with Crippen LogP contribution in [0.5, 0.6) is 0 Å². The minimum atomic E-state index is -0.289. The highest BCUT2D eigenvalue weighted by molar-refractivity contribution is 9.09. The molecule has 4 heteroatoms. The molecule has 1 aromatic rings. The minimum absolute atomic E-state index is 0.0651. The summed E-state index contributed by atoms with van der Waals surface area (Å²) in [5, 5.41) is 0. The lowest BCUT2D eigenvalue weighted by atomic mass is 10.0. The first kappa shape index (κ1) is 12.1. The van der Waals surface area contributed by atoms with E-state index in [4.69, 9.17) is 11.6 Å². The molecule has 0 saturated heterocycles. The number of benzene rings is 1. The second kappa shape index (κ2) is 5.19. The first-order chi connectivity index (χ1) is 6.57. The van der Waals surface area contributed by atoms with Crippen LogP contribution in [-0.2, 0) is 10.7 Å². The van der Waals surface area contributed by atoms with Crippen LogP contribution in [0.3, 0.4) is 0 Å². The van der Waals surface area contributed by atoms with Gasteiger partial charge in [0.2, 0.25) is 0 Å². The van der Waals surface area contributed by atoms with Gasteiger partial charge >= 0.3 is 0 Å². The van der Waals surface area contributed by atoms with E-state index in [-0.39, 0.29) is 10.6 Å². The summed E-state index contributed by atoms with van der Waals surface area (Å²) < 4.78 is 0. The highest BCUT2D eigenvalue weighted by atomic mass is 79.9. The van der Waals surface area contributed by atoms with Gasteiger partial charge in [-0.25, -0.2) is 0 Å². The van der Waals surface area contributed by atoms with Crippen molar-refractivity contribution in [1.82, 2.24) is 0 Å². The smallest absolute Gasteiger partial charge is 0.147 e. The van der Waals surface area contributed by atoms with Gasteiger partial charge in [0.1, 0.15) is 5.78 Å². The van der Waals surface area contributed by atoms with Gasteiger partial charge in [-0.1, -0.05) is 28.1 Å². The molecule has 0 aromatic heterocycles. The van der Waals surface area contributed by atoms with Crippen molar-refractivity contribution in [3.63, 3.8) is 0 Å². The van der Waals surface area contributed by atoms with E-state index in [0.717, 1.165) is 16.0 Å². The van der Waals surface area contributed by atoms with Crippen LogP contribution in [0.4, 0.5) is 0 Å². The Labute approximate surface area is 102 Å². The lowest BCUT2D eigenvalue weighted by molar-refractivity contribution is -0.116. The van der Waals surface area contributed by atoms with Crippen molar-refractivity contribution in [3.05, 3.63) is 29.3 Å². The van der Waals surface area contributed by atoms with Crippen LogP contribution >= 0.6 is 40.2 Å². The number of halogens is 2. The predicted molar refractivity (Wildman–Crippen MR) is 65.6 cm³/mol. The molecule has 0 N–H and O–H groups in total.